The number of halogens is 2. The van der Waals surface area contributed by atoms with Crippen molar-refractivity contribution in [3.8, 4) is 11.3 Å². The quantitative estimate of drug-likeness (QED) is 0.497. The first kappa shape index (κ1) is 17.3. The van der Waals surface area contributed by atoms with E-state index in [1.165, 1.54) is 6.21 Å². The SMILES string of the molecule is Cc1ccc(C(=O)N/N=C\c2ccc(-c3cccc(Cl)c3Cl)o2)cc1. The van der Waals surface area contributed by atoms with Gasteiger partial charge in [-0.3, -0.25) is 4.79 Å². The van der Waals surface area contributed by atoms with Crippen molar-refractivity contribution in [2.24, 2.45) is 5.10 Å². The van der Waals surface area contributed by atoms with Gasteiger partial charge >= 0.3 is 0 Å². The van der Waals surface area contributed by atoms with Crippen LogP contribution in [0.25, 0.3) is 11.3 Å². The number of hydrazone groups is 1. The van der Waals surface area contributed by atoms with Crippen molar-refractivity contribution in [1.29, 1.82) is 0 Å². The minimum atomic E-state index is -0.291. The zero-order valence-electron chi connectivity index (χ0n) is 13.3. The number of amides is 1. The van der Waals surface area contributed by atoms with Gasteiger partial charge < -0.3 is 4.42 Å². The van der Waals surface area contributed by atoms with Crippen LogP contribution in [0, 0.1) is 6.92 Å². The van der Waals surface area contributed by atoms with Crippen LogP contribution in [0.5, 0.6) is 0 Å². The third-order valence-electron chi connectivity index (χ3n) is 3.52. The molecule has 126 valence electrons. The molecule has 6 heteroatoms. The molecule has 0 fully saturated rings. The number of benzene rings is 2. The minimum Gasteiger partial charge on any atom is -0.455 e. The molecule has 3 rings (SSSR count). The van der Waals surface area contributed by atoms with Crippen molar-refractivity contribution in [2.75, 3.05) is 0 Å². The molecule has 1 amide bonds. The summed E-state index contributed by atoms with van der Waals surface area (Å²) in [7, 11) is 0. The van der Waals surface area contributed by atoms with Gasteiger partial charge in [-0.2, -0.15) is 5.10 Å². The van der Waals surface area contributed by atoms with E-state index in [0.717, 1.165) is 5.56 Å². The summed E-state index contributed by atoms with van der Waals surface area (Å²) in [5.74, 6) is 0.759. The topological polar surface area (TPSA) is 54.6 Å². The Morgan fingerprint density at radius 3 is 2.60 bits per heavy atom. The molecule has 0 bridgehead atoms. The maximum absolute atomic E-state index is 12.0. The monoisotopic (exact) mass is 372 g/mol. The zero-order chi connectivity index (χ0) is 17.8. The average molecular weight is 373 g/mol. The number of rotatable bonds is 4. The number of furan rings is 1. The Morgan fingerprint density at radius 2 is 1.84 bits per heavy atom. The molecule has 0 aliphatic heterocycles. The number of hydrogen-bond acceptors (Lipinski definition) is 3. The summed E-state index contributed by atoms with van der Waals surface area (Å²) in [6.07, 6.45) is 1.42. The molecular formula is C19H14Cl2N2O2. The van der Waals surface area contributed by atoms with E-state index in [9.17, 15) is 4.79 Å². The minimum absolute atomic E-state index is 0.291. The number of hydrogen-bond donors (Lipinski definition) is 1. The van der Waals surface area contributed by atoms with E-state index in [4.69, 9.17) is 27.6 Å². The molecule has 0 unspecified atom stereocenters. The van der Waals surface area contributed by atoms with Crippen molar-refractivity contribution in [2.45, 2.75) is 6.92 Å². The molecule has 0 atom stereocenters. The molecule has 3 aromatic rings. The Balaban J connectivity index is 1.69. The Hall–Kier alpha value is -2.56. The van der Waals surface area contributed by atoms with Crippen LogP contribution in [-0.4, -0.2) is 12.1 Å². The largest absolute Gasteiger partial charge is 0.455 e. The van der Waals surface area contributed by atoms with Gasteiger partial charge in [0.15, 0.2) is 0 Å². The van der Waals surface area contributed by atoms with Crippen LogP contribution in [0.1, 0.15) is 21.7 Å². The molecular weight excluding hydrogens is 359 g/mol. The fourth-order valence-corrected chi connectivity index (χ4v) is 2.58. The van der Waals surface area contributed by atoms with Crippen molar-refractivity contribution >= 4 is 35.3 Å². The van der Waals surface area contributed by atoms with Crippen LogP contribution >= 0.6 is 23.2 Å². The molecule has 1 N–H and O–H groups in total. The summed E-state index contributed by atoms with van der Waals surface area (Å²) in [6, 6.07) is 16.0. The smallest absolute Gasteiger partial charge is 0.271 e. The molecule has 0 saturated carbocycles. The first-order valence-corrected chi connectivity index (χ1v) is 8.24. The Kier molecular flexibility index (Phi) is 5.22. The lowest BCUT2D eigenvalue weighted by Crippen LogP contribution is -2.17. The first-order valence-electron chi connectivity index (χ1n) is 7.49. The van der Waals surface area contributed by atoms with Gasteiger partial charge in [-0.25, -0.2) is 5.43 Å². The maximum atomic E-state index is 12.0. The van der Waals surface area contributed by atoms with Crippen LogP contribution in [-0.2, 0) is 0 Å². The fourth-order valence-electron chi connectivity index (χ4n) is 2.19. The van der Waals surface area contributed by atoms with E-state index < -0.39 is 0 Å². The van der Waals surface area contributed by atoms with Crippen molar-refractivity contribution in [3.05, 3.63) is 81.5 Å². The Bertz CT molecular complexity index is 931. The second kappa shape index (κ2) is 7.55. The first-order chi connectivity index (χ1) is 12.0. The van der Waals surface area contributed by atoms with Gasteiger partial charge in [0.1, 0.15) is 11.5 Å². The van der Waals surface area contributed by atoms with Gasteiger partial charge in [0.2, 0.25) is 0 Å². The van der Waals surface area contributed by atoms with Crippen LogP contribution < -0.4 is 5.43 Å². The van der Waals surface area contributed by atoms with Crippen molar-refractivity contribution in [3.63, 3.8) is 0 Å². The van der Waals surface area contributed by atoms with Gasteiger partial charge in [-0.1, -0.05) is 47.0 Å². The summed E-state index contributed by atoms with van der Waals surface area (Å²) in [5, 5.41) is 4.79. The van der Waals surface area contributed by atoms with E-state index in [1.807, 2.05) is 25.1 Å². The molecule has 25 heavy (non-hydrogen) atoms. The molecule has 1 aromatic heterocycles. The zero-order valence-corrected chi connectivity index (χ0v) is 14.8. The third-order valence-corrected chi connectivity index (χ3v) is 4.33. The van der Waals surface area contributed by atoms with Crippen LogP contribution in [0.2, 0.25) is 10.0 Å². The molecule has 0 radical (unpaired) electrons. The summed E-state index contributed by atoms with van der Waals surface area (Å²) in [4.78, 5) is 12.0. The highest BCUT2D eigenvalue weighted by Crippen LogP contribution is 2.34. The van der Waals surface area contributed by atoms with Crippen LogP contribution in [0.15, 0.2) is 64.1 Å². The van der Waals surface area contributed by atoms with Crippen molar-refractivity contribution in [1.82, 2.24) is 5.43 Å². The van der Waals surface area contributed by atoms with Crippen LogP contribution in [0.4, 0.5) is 0 Å². The Labute approximate surface area is 155 Å². The summed E-state index contributed by atoms with van der Waals surface area (Å²) < 4.78 is 5.67. The molecule has 0 saturated heterocycles. The molecule has 4 nitrogen and oxygen atoms in total. The van der Waals surface area contributed by atoms with E-state index >= 15 is 0 Å². The number of carbonyl (C=O) groups is 1. The van der Waals surface area contributed by atoms with E-state index in [-0.39, 0.29) is 5.91 Å². The predicted octanol–water partition coefficient (Wildman–Crippen LogP) is 5.33. The lowest BCUT2D eigenvalue weighted by molar-refractivity contribution is 0.0955. The third kappa shape index (κ3) is 4.10. The van der Waals surface area contributed by atoms with Gasteiger partial charge in [0, 0.05) is 11.1 Å². The maximum Gasteiger partial charge on any atom is 0.271 e. The van der Waals surface area contributed by atoms with Crippen LogP contribution in [0.3, 0.4) is 0 Å². The lowest BCUT2D eigenvalue weighted by Gasteiger charge is -2.02. The Morgan fingerprint density at radius 1 is 1.08 bits per heavy atom. The molecule has 1 heterocycles. The molecule has 2 aromatic carbocycles. The highest BCUT2D eigenvalue weighted by Gasteiger charge is 2.10. The lowest BCUT2D eigenvalue weighted by atomic mass is 10.1. The van der Waals surface area contributed by atoms with E-state index in [1.54, 1.807) is 36.4 Å². The highest BCUT2D eigenvalue weighted by atomic mass is 35.5. The van der Waals surface area contributed by atoms with E-state index in [0.29, 0.717) is 32.7 Å². The predicted molar refractivity (Wildman–Crippen MR) is 100 cm³/mol. The van der Waals surface area contributed by atoms with Gasteiger partial charge in [-0.05, 0) is 43.3 Å². The molecule has 0 aliphatic rings. The summed E-state index contributed by atoms with van der Waals surface area (Å²) >= 11 is 12.2. The fraction of sp³-hybridized carbons (Fsp3) is 0.0526. The van der Waals surface area contributed by atoms with E-state index in [2.05, 4.69) is 10.5 Å². The highest BCUT2D eigenvalue weighted by molar-refractivity contribution is 6.43. The van der Waals surface area contributed by atoms with Gasteiger partial charge in [-0.15, -0.1) is 0 Å². The van der Waals surface area contributed by atoms with Gasteiger partial charge in [0.05, 0.1) is 16.3 Å². The second-order valence-corrected chi connectivity index (χ2v) is 6.15. The summed E-state index contributed by atoms with van der Waals surface area (Å²) in [6.45, 7) is 1.96. The molecule has 0 aliphatic carbocycles. The average Bonchev–Trinajstić information content (AvgIpc) is 3.06. The normalized spacial score (nSPS) is 11.0. The van der Waals surface area contributed by atoms with Crippen molar-refractivity contribution < 1.29 is 9.21 Å². The number of carbonyl (C=O) groups excluding carboxylic acids is 1. The number of nitrogens with zero attached hydrogens (tertiary/aromatic N) is 1. The second-order valence-electron chi connectivity index (χ2n) is 5.37. The molecule has 0 spiro atoms. The number of nitrogens with one attached hydrogen (secondary N) is 1. The summed E-state index contributed by atoms with van der Waals surface area (Å²) in [5.41, 5.74) is 4.77. The number of aryl methyl sites for hydroxylation is 1. The van der Waals surface area contributed by atoms with Gasteiger partial charge in [0.25, 0.3) is 5.91 Å². The standard InChI is InChI=1S/C19H14Cl2N2O2/c1-12-5-7-13(8-6-12)19(24)23-22-11-14-9-10-17(25-14)15-3-2-4-16(20)18(15)21/h2-11H,1H3,(H,23,24)/b22-11-.